The first kappa shape index (κ1) is 15.8. The molecule has 6 nitrogen and oxygen atoms in total. The molecule has 1 aromatic carbocycles. The summed E-state index contributed by atoms with van der Waals surface area (Å²) in [5.74, 6) is 0.827. The van der Waals surface area contributed by atoms with Gasteiger partial charge in [-0.15, -0.1) is 0 Å². The molecule has 1 aromatic rings. The van der Waals surface area contributed by atoms with Crippen molar-refractivity contribution in [2.75, 3.05) is 41.3 Å². The third kappa shape index (κ3) is 4.79. The van der Waals surface area contributed by atoms with Crippen LogP contribution in [0, 0.1) is 0 Å². The first-order valence-electron chi connectivity index (χ1n) is 6.38. The lowest BCUT2D eigenvalue weighted by Crippen LogP contribution is -2.36. The van der Waals surface area contributed by atoms with Crippen molar-refractivity contribution < 1.29 is 9.90 Å². The second-order valence-corrected chi connectivity index (χ2v) is 4.77. The number of hydrogen-bond donors (Lipinski definition) is 2. The highest BCUT2D eigenvalue weighted by molar-refractivity contribution is 5.94. The number of carbonyl (C=O) groups is 1. The summed E-state index contributed by atoms with van der Waals surface area (Å²) in [6, 6.07) is 6.14. The second kappa shape index (κ2) is 7.37. The maximum Gasteiger partial charge on any atom is 0.251 e. The van der Waals surface area contributed by atoms with Crippen LogP contribution in [-0.2, 0) is 0 Å². The Hall–Kier alpha value is -2.24. The van der Waals surface area contributed by atoms with Crippen molar-refractivity contribution in [3.05, 3.63) is 29.8 Å². The summed E-state index contributed by atoms with van der Waals surface area (Å²) < 4.78 is 0. The number of aliphatic imine (C=N–C) groups is 1. The molecule has 0 heterocycles. The number of rotatable bonds is 4. The third-order valence-corrected chi connectivity index (χ3v) is 2.58. The SMILES string of the molecule is CN(C)C(=NCCNC(=O)c1ccc(O)cc1)N(C)C. The number of phenols is 1. The van der Waals surface area contributed by atoms with Gasteiger partial charge in [-0.2, -0.15) is 0 Å². The van der Waals surface area contributed by atoms with Crippen LogP contribution in [-0.4, -0.2) is 68.1 Å². The molecule has 0 fully saturated rings. The van der Waals surface area contributed by atoms with E-state index in [0.29, 0.717) is 18.7 Å². The number of phenolic OH excluding ortho intramolecular Hbond substituents is 1. The summed E-state index contributed by atoms with van der Waals surface area (Å²) in [5, 5.41) is 11.9. The molecule has 0 saturated heterocycles. The van der Waals surface area contributed by atoms with Gasteiger partial charge in [-0.25, -0.2) is 0 Å². The molecule has 20 heavy (non-hydrogen) atoms. The molecule has 0 aromatic heterocycles. The van der Waals surface area contributed by atoms with Gasteiger partial charge in [0.05, 0.1) is 6.54 Å². The van der Waals surface area contributed by atoms with E-state index in [9.17, 15) is 4.79 Å². The molecule has 1 rings (SSSR count). The average molecular weight is 278 g/mol. The first-order valence-corrected chi connectivity index (χ1v) is 6.38. The molecule has 110 valence electrons. The highest BCUT2D eigenvalue weighted by Gasteiger charge is 2.05. The van der Waals surface area contributed by atoms with E-state index >= 15 is 0 Å². The van der Waals surface area contributed by atoms with Crippen molar-refractivity contribution in [2.24, 2.45) is 4.99 Å². The maximum atomic E-state index is 11.8. The molecule has 0 bridgehead atoms. The van der Waals surface area contributed by atoms with Crippen molar-refractivity contribution in [1.82, 2.24) is 15.1 Å². The summed E-state index contributed by atoms with van der Waals surface area (Å²) >= 11 is 0. The van der Waals surface area contributed by atoms with Gasteiger partial charge in [0.25, 0.3) is 5.91 Å². The molecule has 1 amide bonds. The zero-order chi connectivity index (χ0) is 15.1. The van der Waals surface area contributed by atoms with Gasteiger partial charge in [-0.3, -0.25) is 9.79 Å². The normalized spacial score (nSPS) is 9.80. The van der Waals surface area contributed by atoms with Gasteiger partial charge in [0.2, 0.25) is 0 Å². The van der Waals surface area contributed by atoms with Crippen LogP contribution < -0.4 is 5.32 Å². The van der Waals surface area contributed by atoms with Crippen LogP contribution in [0.25, 0.3) is 0 Å². The minimum atomic E-state index is -0.170. The van der Waals surface area contributed by atoms with E-state index in [0.717, 1.165) is 5.96 Å². The lowest BCUT2D eigenvalue weighted by Gasteiger charge is -2.22. The number of aromatic hydroxyl groups is 1. The van der Waals surface area contributed by atoms with E-state index in [1.54, 1.807) is 12.1 Å². The van der Waals surface area contributed by atoms with Crippen LogP contribution in [0.4, 0.5) is 0 Å². The van der Waals surface area contributed by atoms with E-state index in [-0.39, 0.29) is 11.7 Å². The number of carbonyl (C=O) groups excluding carboxylic acids is 1. The van der Waals surface area contributed by atoms with Crippen molar-refractivity contribution in [3.8, 4) is 5.75 Å². The predicted molar refractivity (Wildman–Crippen MR) is 80.1 cm³/mol. The van der Waals surface area contributed by atoms with Gasteiger partial charge in [-0.05, 0) is 24.3 Å². The Bertz CT molecular complexity index is 457. The Morgan fingerprint density at radius 2 is 1.70 bits per heavy atom. The molecule has 0 atom stereocenters. The van der Waals surface area contributed by atoms with E-state index in [1.807, 2.05) is 38.0 Å². The highest BCUT2D eigenvalue weighted by atomic mass is 16.3. The van der Waals surface area contributed by atoms with E-state index in [1.165, 1.54) is 12.1 Å². The molecule has 0 spiro atoms. The van der Waals surface area contributed by atoms with E-state index < -0.39 is 0 Å². The fraction of sp³-hybridized carbons (Fsp3) is 0.429. The lowest BCUT2D eigenvalue weighted by molar-refractivity contribution is 0.0955. The lowest BCUT2D eigenvalue weighted by atomic mass is 10.2. The number of nitrogens with one attached hydrogen (secondary N) is 1. The third-order valence-electron chi connectivity index (χ3n) is 2.58. The fourth-order valence-corrected chi connectivity index (χ4v) is 1.72. The van der Waals surface area contributed by atoms with Crippen LogP contribution in [0.15, 0.2) is 29.3 Å². The zero-order valence-corrected chi connectivity index (χ0v) is 12.4. The fourth-order valence-electron chi connectivity index (χ4n) is 1.72. The molecule has 0 aliphatic carbocycles. The standard InChI is InChI=1S/C14H22N4O2/c1-17(2)14(18(3)4)16-10-9-15-13(20)11-5-7-12(19)8-6-11/h5-8,19H,9-10H2,1-4H3,(H,15,20). The number of hydrogen-bond acceptors (Lipinski definition) is 3. The minimum absolute atomic E-state index is 0.146. The number of amides is 1. The Labute approximate surface area is 119 Å². The van der Waals surface area contributed by atoms with E-state index in [2.05, 4.69) is 10.3 Å². The summed E-state index contributed by atoms with van der Waals surface area (Å²) in [4.78, 5) is 20.1. The monoisotopic (exact) mass is 278 g/mol. The van der Waals surface area contributed by atoms with Gasteiger partial charge in [0.15, 0.2) is 5.96 Å². The zero-order valence-electron chi connectivity index (χ0n) is 12.4. The smallest absolute Gasteiger partial charge is 0.251 e. The molecular weight excluding hydrogens is 256 g/mol. The largest absolute Gasteiger partial charge is 0.508 e. The summed E-state index contributed by atoms with van der Waals surface area (Å²) in [7, 11) is 7.70. The maximum absolute atomic E-state index is 11.8. The van der Waals surface area contributed by atoms with Crippen molar-refractivity contribution in [3.63, 3.8) is 0 Å². The Morgan fingerprint density at radius 1 is 1.15 bits per heavy atom. The number of benzene rings is 1. The van der Waals surface area contributed by atoms with Gasteiger partial charge in [0.1, 0.15) is 5.75 Å². The van der Waals surface area contributed by atoms with Crippen molar-refractivity contribution in [1.29, 1.82) is 0 Å². The predicted octanol–water partition coefficient (Wildman–Crippen LogP) is 0.601. The number of nitrogens with zero attached hydrogens (tertiary/aromatic N) is 3. The van der Waals surface area contributed by atoms with Gasteiger partial charge in [-0.1, -0.05) is 0 Å². The van der Waals surface area contributed by atoms with Crippen molar-refractivity contribution in [2.45, 2.75) is 0 Å². The molecule has 0 aliphatic rings. The molecule has 6 heteroatoms. The minimum Gasteiger partial charge on any atom is -0.508 e. The Balaban J connectivity index is 2.46. The molecule has 0 radical (unpaired) electrons. The van der Waals surface area contributed by atoms with Gasteiger partial charge < -0.3 is 20.2 Å². The molecule has 0 unspecified atom stereocenters. The number of guanidine groups is 1. The molecule has 2 N–H and O–H groups in total. The highest BCUT2D eigenvalue weighted by Crippen LogP contribution is 2.09. The van der Waals surface area contributed by atoms with Crippen molar-refractivity contribution >= 4 is 11.9 Å². The van der Waals surface area contributed by atoms with E-state index in [4.69, 9.17) is 5.11 Å². The van der Waals surface area contributed by atoms with Crippen LogP contribution in [0.5, 0.6) is 5.75 Å². The molecular formula is C14H22N4O2. The van der Waals surface area contributed by atoms with Crippen LogP contribution >= 0.6 is 0 Å². The summed E-state index contributed by atoms with van der Waals surface area (Å²) in [6.45, 7) is 0.973. The Kier molecular flexibility index (Phi) is 5.83. The Morgan fingerprint density at radius 3 is 2.20 bits per heavy atom. The van der Waals surface area contributed by atoms with Crippen LogP contribution in [0.1, 0.15) is 10.4 Å². The van der Waals surface area contributed by atoms with Crippen LogP contribution in [0.3, 0.4) is 0 Å². The molecule has 0 aliphatic heterocycles. The second-order valence-electron chi connectivity index (χ2n) is 4.77. The van der Waals surface area contributed by atoms with Gasteiger partial charge >= 0.3 is 0 Å². The topological polar surface area (TPSA) is 68.2 Å². The first-order chi connectivity index (χ1) is 9.41. The molecule has 0 saturated carbocycles. The quantitative estimate of drug-likeness (QED) is 0.481. The summed E-state index contributed by atoms with van der Waals surface area (Å²) in [5.41, 5.74) is 0.521. The van der Waals surface area contributed by atoms with Crippen LogP contribution in [0.2, 0.25) is 0 Å². The summed E-state index contributed by atoms with van der Waals surface area (Å²) in [6.07, 6.45) is 0. The average Bonchev–Trinajstić information content (AvgIpc) is 2.38. The van der Waals surface area contributed by atoms with Gasteiger partial charge in [0, 0.05) is 40.3 Å².